The topological polar surface area (TPSA) is 32.3 Å². The number of fused-ring (bicyclic) bond motifs is 1. The lowest BCUT2D eigenvalue weighted by atomic mass is 9.91. The van der Waals surface area contributed by atoms with E-state index >= 15 is 0 Å². The zero-order valence-electron chi connectivity index (χ0n) is 8.59. The first-order valence-corrected chi connectivity index (χ1v) is 5.29. The van der Waals surface area contributed by atoms with Gasteiger partial charge in [0, 0.05) is 12.6 Å². The first kappa shape index (κ1) is 9.69. The average Bonchev–Trinajstić information content (AvgIpc) is 2.27. The molecule has 1 aromatic rings. The van der Waals surface area contributed by atoms with Crippen LogP contribution in [0.1, 0.15) is 23.6 Å². The number of aliphatic hydroxyl groups is 1. The summed E-state index contributed by atoms with van der Waals surface area (Å²) in [7, 11) is 0. The van der Waals surface area contributed by atoms with Gasteiger partial charge in [0.2, 0.25) is 0 Å². The Bertz CT molecular complexity index is 308. The van der Waals surface area contributed by atoms with Crippen LogP contribution in [0.5, 0.6) is 0 Å². The van der Waals surface area contributed by atoms with Gasteiger partial charge in [0.25, 0.3) is 0 Å². The highest BCUT2D eigenvalue weighted by Gasteiger charge is 2.18. The van der Waals surface area contributed by atoms with Crippen molar-refractivity contribution in [1.82, 2.24) is 5.32 Å². The van der Waals surface area contributed by atoms with Crippen LogP contribution < -0.4 is 5.32 Å². The molecule has 76 valence electrons. The standard InChI is InChI=1S/C12H17NO/c1-2-9-4-3-5-10-7-13-11(8-14)6-12(9)10/h3-5,11,13-14H,2,6-8H2,1H3. The Morgan fingerprint density at radius 2 is 2.36 bits per heavy atom. The van der Waals surface area contributed by atoms with Crippen LogP contribution in [0.2, 0.25) is 0 Å². The summed E-state index contributed by atoms with van der Waals surface area (Å²) in [5.74, 6) is 0. The SMILES string of the molecule is CCc1cccc2c1CC(CO)NC2. The van der Waals surface area contributed by atoms with Crippen LogP contribution in [-0.2, 0) is 19.4 Å². The Morgan fingerprint density at radius 1 is 1.50 bits per heavy atom. The van der Waals surface area contributed by atoms with Crippen molar-refractivity contribution in [3.63, 3.8) is 0 Å². The van der Waals surface area contributed by atoms with Crippen molar-refractivity contribution >= 4 is 0 Å². The van der Waals surface area contributed by atoms with E-state index in [2.05, 4.69) is 30.4 Å². The highest BCUT2D eigenvalue weighted by molar-refractivity contribution is 5.37. The smallest absolute Gasteiger partial charge is 0.0587 e. The van der Waals surface area contributed by atoms with Crippen molar-refractivity contribution in [2.75, 3.05) is 6.61 Å². The van der Waals surface area contributed by atoms with Gasteiger partial charge in [-0.2, -0.15) is 0 Å². The molecule has 0 saturated heterocycles. The van der Waals surface area contributed by atoms with Gasteiger partial charge < -0.3 is 10.4 Å². The van der Waals surface area contributed by atoms with Crippen molar-refractivity contribution in [2.45, 2.75) is 32.4 Å². The Hall–Kier alpha value is -0.860. The molecular formula is C12H17NO. The largest absolute Gasteiger partial charge is 0.395 e. The van der Waals surface area contributed by atoms with Gasteiger partial charge in [-0.1, -0.05) is 25.1 Å². The number of hydrogen-bond acceptors (Lipinski definition) is 2. The maximum Gasteiger partial charge on any atom is 0.0587 e. The van der Waals surface area contributed by atoms with Crippen molar-refractivity contribution in [1.29, 1.82) is 0 Å². The normalized spacial score (nSPS) is 20.6. The highest BCUT2D eigenvalue weighted by atomic mass is 16.3. The van der Waals surface area contributed by atoms with E-state index in [1.807, 2.05) is 0 Å². The molecule has 1 heterocycles. The van der Waals surface area contributed by atoms with E-state index in [1.165, 1.54) is 16.7 Å². The van der Waals surface area contributed by atoms with E-state index in [4.69, 9.17) is 5.11 Å². The molecule has 0 radical (unpaired) electrons. The molecule has 0 amide bonds. The maximum absolute atomic E-state index is 9.12. The van der Waals surface area contributed by atoms with Crippen molar-refractivity contribution in [3.05, 3.63) is 34.9 Å². The minimum Gasteiger partial charge on any atom is -0.395 e. The van der Waals surface area contributed by atoms with Crippen LogP contribution in [0.15, 0.2) is 18.2 Å². The molecule has 2 rings (SSSR count). The molecule has 1 aromatic carbocycles. The summed E-state index contributed by atoms with van der Waals surface area (Å²) in [5, 5.41) is 12.4. The lowest BCUT2D eigenvalue weighted by Gasteiger charge is -2.26. The second kappa shape index (κ2) is 4.11. The molecule has 2 heteroatoms. The number of aryl methyl sites for hydroxylation is 1. The summed E-state index contributed by atoms with van der Waals surface area (Å²) in [6.07, 6.45) is 2.05. The third kappa shape index (κ3) is 1.68. The molecule has 0 aliphatic carbocycles. The Balaban J connectivity index is 2.33. The molecule has 1 aliphatic rings. The summed E-state index contributed by atoms with van der Waals surface area (Å²) in [6.45, 7) is 3.32. The third-order valence-corrected chi connectivity index (χ3v) is 3.00. The molecule has 1 aliphatic heterocycles. The number of nitrogens with one attached hydrogen (secondary N) is 1. The van der Waals surface area contributed by atoms with Crippen LogP contribution in [-0.4, -0.2) is 17.8 Å². The van der Waals surface area contributed by atoms with Crippen LogP contribution in [0.25, 0.3) is 0 Å². The van der Waals surface area contributed by atoms with Crippen LogP contribution in [0.4, 0.5) is 0 Å². The van der Waals surface area contributed by atoms with Gasteiger partial charge >= 0.3 is 0 Å². The third-order valence-electron chi connectivity index (χ3n) is 3.00. The zero-order chi connectivity index (χ0) is 9.97. The molecule has 14 heavy (non-hydrogen) atoms. The quantitative estimate of drug-likeness (QED) is 0.737. The van der Waals surface area contributed by atoms with Crippen molar-refractivity contribution in [2.24, 2.45) is 0 Å². The van der Waals surface area contributed by atoms with E-state index in [0.29, 0.717) is 0 Å². The molecule has 0 spiro atoms. The summed E-state index contributed by atoms with van der Waals surface area (Å²) in [6, 6.07) is 6.74. The van der Waals surface area contributed by atoms with Gasteiger partial charge in [0.1, 0.15) is 0 Å². The first-order valence-electron chi connectivity index (χ1n) is 5.29. The molecule has 0 fully saturated rings. The molecule has 2 N–H and O–H groups in total. The number of rotatable bonds is 2. The number of benzene rings is 1. The van der Waals surface area contributed by atoms with Crippen molar-refractivity contribution in [3.8, 4) is 0 Å². The second-order valence-electron chi connectivity index (χ2n) is 3.87. The predicted octanol–water partition coefficient (Wildman–Crippen LogP) is 1.26. The molecule has 1 unspecified atom stereocenters. The second-order valence-corrected chi connectivity index (χ2v) is 3.87. The van der Waals surface area contributed by atoms with Crippen LogP contribution >= 0.6 is 0 Å². The fraction of sp³-hybridized carbons (Fsp3) is 0.500. The molecular weight excluding hydrogens is 174 g/mol. The maximum atomic E-state index is 9.12. The van der Waals surface area contributed by atoms with Crippen molar-refractivity contribution < 1.29 is 5.11 Å². The minimum atomic E-state index is 0.234. The monoisotopic (exact) mass is 191 g/mol. The van der Waals surface area contributed by atoms with Crippen LogP contribution in [0.3, 0.4) is 0 Å². The van der Waals surface area contributed by atoms with Gasteiger partial charge in [0.05, 0.1) is 6.61 Å². The molecule has 0 aromatic heterocycles. The lowest BCUT2D eigenvalue weighted by molar-refractivity contribution is 0.235. The molecule has 1 atom stereocenters. The predicted molar refractivity (Wildman–Crippen MR) is 57.2 cm³/mol. The van der Waals surface area contributed by atoms with Gasteiger partial charge in [-0.05, 0) is 29.5 Å². The van der Waals surface area contributed by atoms with E-state index in [-0.39, 0.29) is 12.6 Å². The van der Waals surface area contributed by atoms with E-state index in [1.54, 1.807) is 0 Å². The number of aliphatic hydroxyl groups excluding tert-OH is 1. The molecule has 0 bridgehead atoms. The fourth-order valence-electron chi connectivity index (χ4n) is 2.15. The van der Waals surface area contributed by atoms with E-state index in [0.717, 1.165) is 19.4 Å². The van der Waals surface area contributed by atoms with Gasteiger partial charge in [-0.3, -0.25) is 0 Å². The van der Waals surface area contributed by atoms with E-state index in [9.17, 15) is 0 Å². The summed E-state index contributed by atoms with van der Waals surface area (Å²) in [4.78, 5) is 0. The van der Waals surface area contributed by atoms with Gasteiger partial charge in [-0.25, -0.2) is 0 Å². The fourth-order valence-corrected chi connectivity index (χ4v) is 2.15. The molecule has 0 saturated carbocycles. The average molecular weight is 191 g/mol. The van der Waals surface area contributed by atoms with Gasteiger partial charge in [-0.15, -0.1) is 0 Å². The number of hydrogen-bond donors (Lipinski definition) is 2. The molecule has 2 nitrogen and oxygen atoms in total. The zero-order valence-corrected chi connectivity index (χ0v) is 8.59. The highest BCUT2D eigenvalue weighted by Crippen LogP contribution is 2.21. The summed E-state index contributed by atoms with van der Waals surface area (Å²) >= 11 is 0. The van der Waals surface area contributed by atoms with Gasteiger partial charge in [0.15, 0.2) is 0 Å². The Kier molecular flexibility index (Phi) is 2.85. The van der Waals surface area contributed by atoms with Crippen LogP contribution in [0, 0.1) is 0 Å². The Morgan fingerprint density at radius 3 is 3.07 bits per heavy atom. The lowest BCUT2D eigenvalue weighted by Crippen LogP contribution is -2.38. The summed E-state index contributed by atoms with van der Waals surface area (Å²) in [5.41, 5.74) is 4.28. The minimum absolute atomic E-state index is 0.234. The van der Waals surface area contributed by atoms with E-state index < -0.39 is 0 Å². The first-order chi connectivity index (χ1) is 6.85. The summed E-state index contributed by atoms with van der Waals surface area (Å²) < 4.78 is 0. The Labute approximate surface area is 85.0 Å².